The molecule has 1 rings (SSSR count). The van der Waals surface area contributed by atoms with Crippen molar-refractivity contribution in [2.24, 2.45) is 10.8 Å². The van der Waals surface area contributed by atoms with E-state index in [0.29, 0.717) is 4.59 Å². The van der Waals surface area contributed by atoms with Gasteiger partial charge in [0.25, 0.3) is 0 Å². The molecule has 46 valence electrons. The van der Waals surface area contributed by atoms with E-state index in [4.69, 9.17) is 5.84 Å². The Labute approximate surface area is 49.4 Å². The lowest BCUT2D eigenvalue weighted by atomic mass is 10.5. The topological polar surface area (TPSA) is 38.4 Å². The number of nitrogens with two attached hydrogens (primary N) is 1. The van der Waals surface area contributed by atoms with Gasteiger partial charge in [0.2, 0.25) is 6.34 Å². The molecule has 1 unspecified atom stereocenters. The summed E-state index contributed by atoms with van der Waals surface area (Å²) in [6.45, 7) is 4.88. The Morgan fingerprint density at radius 2 is 2.62 bits per heavy atom. The Balaban J connectivity index is 2.54. The maximum atomic E-state index is 5.75. The van der Waals surface area contributed by atoms with Crippen LogP contribution in [0.25, 0.3) is 0 Å². The van der Waals surface area contributed by atoms with Crippen molar-refractivity contribution in [2.75, 3.05) is 19.6 Å². The average molecular weight is 114 g/mol. The largest absolute Gasteiger partial charge is 0.234 e. The number of hydrogen-bond donors (Lipinski definition) is 1. The number of likely N-dealkylation sites (N-methyl/N-ethyl adjacent to an activating group) is 1. The predicted octanol–water partition coefficient (Wildman–Crippen LogP) is -0.261. The third-order valence-corrected chi connectivity index (χ3v) is 1.55. The molecule has 0 fully saturated rings. The standard InChI is InChI=1S/C5H12N3/c1-2-8(6)4-3-7-5-8/h5H,2-4,6H2,1H3/q+1. The smallest absolute Gasteiger partial charge is 0.204 e. The Kier molecular flexibility index (Phi) is 1.31. The highest BCUT2D eigenvalue weighted by Gasteiger charge is 2.21. The molecule has 0 spiro atoms. The van der Waals surface area contributed by atoms with E-state index < -0.39 is 0 Å². The van der Waals surface area contributed by atoms with Gasteiger partial charge in [-0.1, -0.05) is 0 Å². The van der Waals surface area contributed by atoms with E-state index in [1.54, 1.807) is 0 Å². The van der Waals surface area contributed by atoms with Gasteiger partial charge >= 0.3 is 0 Å². The van der Waals surface area contributed by atoms with Gasteiger partial charge in [-0.15, -0.1) is 0 Å². The second kappa shape index (κ2) is 1.84. The third-order valence-electron chi connectivity index (χ3n) is 1.55. The van der Waals surface area contributed by atoms with Crippen LogP contribution in [0.2, 0.25) is 0 Å². The van der Waals surface area contributed by atoms with Gasteiger partial charge in [-0.2, -0.15) is 5.84 Å². The summed E-state index contributed by atoms with van der Waals surface area (Å²) in [5, 5.41) is 0. The molecule has 0 amide bonds. The highest BCUT2D eigenvalue weighted by Crippen LogP contribution is 1.98. The average Bonchev–Trinajstić information content (AvgIpc) is 2.17. The van der Waals surface area contributed by atoms with E-state index in [0.717, 1.165) is 19.6 Å². The van der Waals surface area contributed by atoms with E-state index >= 15 is 0 Å². The minimum atomic E-state index is 0.528. The van der Waals surface area contributed by atoms with Gasteiger partial charge in [-0.3, -0.25) is 0 Å². The van der Waals surface area contributed by atoms with Crippen LogP contribution in [0.15, 0.2) is 4.99 Å². The van der Waals surface area contributed by atoms with Gasteiger partial charge in [0.05, 0.1) is 13.1 Å². The second-order valence-corrected chi connectivity index (χ2v) is 2.16. The summed E-state index contributed by atoms with van der Waals surface area (Å²) >= 11 is 0. The first-order chi connectivity index (χ1) is 3.77. The molecule has 1 aliphatic heterocycles. The van der Waals surface area contributed by atoms with Crippen molar-refractivity contribution in [2.45, 2.75) is 6.92 Å². The molecule has 2 N–H and O–H groups in total. The molecule has 0 saturated carbocycles. The first-order valence-electron chi connectivity index (χ1n) is 2.93. The zero-order valence-corrected chi connectivity index (χ0v) is 5.17. The van der Waals surface area contributed by atoms with Crippen LogP contribution >= 0.6 is 0 Å². The Morgan fingerprint density at radius 1 is 1.88 bits per heavy atom. The van der Waals surface area contributed by atoms with Crippen molar-refractivity contribution >= 4 is 6.34 Å². The molecule has 0 aromatic heterocycles. The molecule has 0 saturated heterocycles. The molecule has 0 aliphatic carbocycles. The van der Waals surface area contributed by atoms with Crippen LogP contribution in [-0.2, 0) is 0 Å². The lowest BCUT2D eigenvalue weighted by Gasteiger charge is -2.19. The third kappa shape index (κ3) is 0.877. The summed E-state index contributed by atoms with van der Waals surface area (Å²) in [6.07, 6.45) is 1.82. The molecule has 1 atom stereocenters. The molecule has 8 heavy (non-hydrogen) atoms. The molecule has 0 aromatic carbocycles. The van der Waals surface area contributed by atoms with E-state index in [1.807, 2.05) is 6.34 Å². The van der Waals surface area contributed by atoms with Gasteiger partial charge in [-0.05, 0) is 6.92 Å². The molecule has 0 aromatic rings. The summed E-state index contributed by atoms with van der Waals surface area (Å²) in [5.74, 6) is 5.75. The minimum absolute atomic E-state index is 0.528. The van der Waals surface area contributed by atoms with Crippen molar-refractivity contribution in [1.82, 2.24) is 0 Å². The minimum Gasteiger partial charge on any atom is -0.234 e. The van der Waals surface area contributed by atoms with Crippen LogP contribution in [-0.4, -0.2) is 30.6 Å². The van der Waals surface area contributed by atoms with Gasteiger partial charge in [0.1, 0.15) is 6.54 Å². The van der Waals surface area contributed by atoms with E-state index in [1.165, 1.54) is 0 Å². The summed E-state index contributed by atoms with van der Waals surface area (Å²) in [6, 6.07) is 0. The molecule has 1 heterocycles. The second-order valence-electron chi connectivity index (χ2n) is 2.16. The van der Waals surface area contributed by atoms with Crippen molar-refractivity contribution in [3.8, 4) is 0 Å². The first-order valence-corrected chi connectivity index (χ1v) is 2.93. The van der Waals surface area contributed by atoms with Gasteiger partial charge in [0.15, 0.2) is 0 Å². The van der Waals surface area contributed by atoms with Gasteiger partial charge in [-0.25, -0.2) is 9.58 Å². The quantitative estimate of drug-likeness (QED) is 0.370. The van der Waals surface area contributed by atoms with E-state index in [2.05, 4.69) is 11.9 Å². The maximum absolute atomic E-state index is 5.75. The molecular formula is C5H12N3+. The Bertz CT molecular complexity index is 110. The van der Waals surface area contributed by atoms with Crippen molar-refractivity contribution < 1.29 is 4.59 Å². The van der Waals surface area contributed by atoms with E-state index in [9.17, 15) is 0 Å². The zero-order valence-electron chi connectivity index (χ0n) is 5.17. The molecule has 3 heteroatoms. The fourth-order valence-electron chi connectivity index (χ4n) is 0.762. The number of quaternary nitrogens is 1. The van der Waals surface area contributed by atoms with E-state index in [-0.39, 0.29) is 0 Å². The number of rotatable bonds is 1. The van der Waals surface area contributed by atoms with Crippen molar-refractivity contribution in [3.05, 3.63) is 0 Å². The molecule has 3 nitrogen and oxygen atoms in total. The Morgan fingerprint density at radius 3 is 2.88 bits per heavy atom. The number of nitrogens with zero attached hydrogens (tertiary/aromatic N) is 2. The normalized spacial score (nSPS) is 36.2. The van der Waals surface area contributed by atoms with Crippen LogP contribution in [0.3, 0.4) is 0 Å². The summed E-state index contributed by atoms with van der Waals surface area (Å²) in [5.41, 5.74) is 0. The number of aliphatic imine (C=N–C) groups is 1. The zero-order chi connectivity index (χ0) is 6.04. The SMILES string of the molecule is CC[N+]1(N)C=NCC1. The first kappa shape index (κ1) is 5.72. The van der Waals surface area contributed by atoms with Crippen molar-refractivity contribution in [1.29, 1.82) is 0 Å². The summed E-state index contributed by atoms with van der Waals surface area (Å²) < 4.78 is 0.528. The lowest BCUT2D eigenvalue weighted by molar-refractivity contribution is -0.838. The highest BCUT2D eigenvalue weighted by atomic mass is 15.6. The van der Waals surface area contributed by atoms with Crippen LogP contribution in [0, 0.1) is 0 Å². The molecule has 0 radical (unpaired) electrons. The van der Waals surface area contributed by atoms with Crippen LogP contribution in [0.5, 0.6) is 0 Å². The summed E-state index contributed by atoms with van der Waals surface area (Å²) in [7, 11) is 0. The van der Waals surface area contributed by atoms with Gasteiger partial charge < -0.3 is 0 Å². The molecule has 1 aliphatic rings. The van der Waals surface area contributed by atoms with Gasteiger partial charge in [0, 0.05) is 0 Å². The number of hydrogen-bond acceptors (Lipinski definition) is 2. The predicted molar refractivity (Wildman–Crippen MR) is 33.2 cm³/mol. The fourth-order valence-corrected chi connectivity index (χ4v) is 0.762. The fraction of sp³-hybridized carbons (Fsp3) is 0.800. The highest BCUT2D eigenvalue weighted by molar-refractivity contribution is 5.47. The Hall–Kier alpha value is -0.410. The van der Waals surface area contributed by atoms with Crippen LogP contribution in [0.4, 0.5) is 0 Å². The van der Waals surface area contributed by atoms with Crippen LogP contribution < -0.4 is 5.84 Å². The monoisotopic (exact) mass is 114 g/mol. The molecule has 0 bridgehead atoms. The van der Waals surface area contributed by atoms with Crippen LogP contribution in [0.1, 0.15) is 6.92 Å². The lowest BCUT2D eigenvalue weighted by Crippen LogP contribution is -2.51. The molecular weight excluding hydrogens is 102 g/mol. The van der Waals surface area contributed by atoms with Crippen molar-refractivity contribution in [3.63, 3.8) is 0 Å². The summed E-state index contributed by atoms with van der Waals surface area (Å²) in [4.78, 5) is 4.03. The maximum Gasteiger partial charge on any atom is 0.204 e.